The molecule has 3 nitrogen and oxygen atoms in total. The lowest BCUT2D eigenvalue weighted by atomic mass is 9.94. The van der Waals surface area contributed by atoms with Gasteiger partial charge >= 0.3 is 0 Å². The molecule has 1 aromatic carbocycles. The maximum atomic E-state index is 12.3. The van der Waals surface area contributed by atoms with Gasteiger partial charge in [0, 0.05) is 23.9 Å². The number of rotatable bonds is 2. The van der Waals surface area contributed by atoms with Crippen LogP contribution in [0.25, 0.3) is 0 Å². The molecule has 1 aliphatic rings. The van der Waals surface area contributed by atoms with Crippen LogP contribution >= 0.6 is 0 Å². The Labute approximate surface area is 111 Å². The molecule has 1 heterocycles. The third-order valence-corrected chi connectivity index (χ3v) is 3.62. The molecule has 2 aromatic rings. The number of ketones is 1. The van der Waals surface area contributed by atoms with Gasteiger partial charge in [0.1, 0.15) is 6.07 Å². The van der Waals surface area contributed by atoms with Gasteiger partial charge in [-0.3, -0.25) is 9.78 Å². The molecule has 0 N–H and O–H groups in total. The largest absolute Gasteiger partial charge is 0.294 e. The fraction of sp³-hybridized carbons (Fsp3) is 0.188. The maximum Gasteiger partial charge on any atom is 0.166 e. The number of carbonyl (C=O) groups excluding carboxylic acids is 1. The first kappa shape index (κ1) is 11.6. The van der Waals surface area contributed by atoms with Crippen molar-refractivity contribution in [2.24, 2.45) is 5.92 Å². The fourth-order valence-corrected chi connectivity index (χ4v) is 2.65. The Morgan fingerprint density at radius 3 is 2.95 bits per heavy atom. The Bertz CT molecular complexity index is 685. The lowest BCUT2D eigenvalue weighted by molar-refractivity contribution is 0.0936. The van der Waals surface area contributed by atoms with Gasteiger partial charge in [-0.05, 0) is 30.0 Å². The molecule has 92 valence electrons. The van der Waals surface area contributed by atoms with Crippen molar-refractivity contribution in [3.8, 4) is 6.07 Å². The summed E-state index contributed by atoms with van der Waals surface area (Å²) >= 11 is 0. The first-order chi connectivity index (χ1) is 9.29. The first-order valence-corrected chi connectivity index (χ1v) is 6.24. The number of nitrogens with zero attached hydrogens (tertiary/aromatic N) is 2. The van der Waals surface area contributed by atoms with Gasteiger partial charge in [0.05, 0.1) is 5.56 Å². The van der Waals surface area contributed by atoms with Gasteiger partial charge in [-0.2, -0.15) is 5.26 Å². The van der Waals surface area contributed by atoms with E-state index in [2.05, 4.69) is 11.1 Å². The highest BCUT2D eigenvalue weighted by molar-refractivity contribution is 6.02. The summed E-state index contributed by atoms with van der Waals surface area (Å²) < 4.78 is 0. The van der Waals surface area contributed by atoms with Crippen molar-refractivity contribution in [2.75, 3.05) is 0 Å². The predicted octanol–water partition coefficient (Wildman–Crippen LogP) is 2.55. The van der Waals surface area contributed by atoms with Crippen molar-refractivity contribution in [1.82, 2.24) is 4.98 Å². The number of nitriles is 1. The first-order valence-electron chi connectivity index (χ1n) is 6.24. The van der Waals surface area contributed by atoms with Crippen molar-refractivity contribution in [3.05, 3.63) is 65.0 Å². The molecule has 1 aliphatic carbocycles. The lowest BCUT2D eigenvalue weighted by Gasteiger charge is -2.08. The van der Waals surface area contributed by atoms with Gasteiger partial charge < -0.3 is 0 Å². The highest BCUT2D eigenvalue weighted by Crippen LogP contribution is 2.29. The summed E-state index contributed by atoms with van der Waals surface area (Å²) in [4.78, 5) is 16.2. The molecule has 0 amide bonds. The quantitative estimate of drug-likeness (QED) is 0.820. The highest BCUT2D eigenvalue weighted by Gasteiger charge is 2.30. The number of benzene rings is 1. The van der Waals surface area contributed by atoms with Crippen LogP contribution in [0.3, 0.4) is 0 Å². The van der Waals surface area contributed by atoms with Crippen LogP contribution < -0.4 is 0 Å². The molecule has 0 fully saturated rings. The molecule has 3 rings (SSSR count). The van der Waals surface area contributed by atoms with E-state index in [1.165, 1.54) is 0 Å². The summed E-state index contributed by atoms with van der Waals surface area (Å²) in [5.41, 5.74) is 3.42. The van der Waals surface area contributed by atoms with Gasteiger partial charge in [-0.1, -0.05) is 24.3 Å². The summed E-state index contributed by atoms with van der Waals surface area (Å²) in [7, 11) is 0. The smallest absolute Gasteiger partial charge is 0.166 e. The molecule has 0 spiro atoms. The maximum absolute atomic E-state index is 12.3. The van der Waals surface area contributed by atoms with Crippen LogP contribution in [0.5, 0.6) is 0 Å². The van der Waals surface area contributed by atoms with Gasteiger partial charge in [0.25, 0.3) is 0 Å². The molecule has 0 aliphatic heterocycles. The van der Waals surface area contributed by atoms with E-state index in [0.29, 0.717) is 12.0 Å². The topological polar surface area (TPSA) is 53.8 Å². The normalized spacial score (nSPS) is 17.0. The number of aromatic nitrogens is 1. The molecule has 0 radical (unpaired) electrons. The SMILES string of the molecule is N#Cc1cnccc1CC1Cc2ccccc2C1=O. The van der Waals surface area contributed by atoms with Crippen molar-refractivity contribution < 1.29 is 4.79 Å². The van der Waals surface area contributed by atoms with E-state index in [1.54, 1.807) is 12.4 Å². The summed E-state index contributed by atoms with van der Waals surface area (Å²) in [5, 5.41) is 9.06. The van der Waals surface area contributed by atoms with Gasteiger partial charge in [0.15, 0.2) is 5.78 Å². The molecule has 0 saturated carbocycles. The number of hydrogen-bond acceptors (Lipinski definition) is 3. The summed E-state index contributed by atoms with van der Waals surface area (Å²) in [5.74, 6) is 0.142. The molecule has 1 aromatic heterocycles. The van der Waals surface area contributed by atoms with Crippen LogP contribution in [0.2, 0.25) is 0 Å². The fourth-order valence-electron chi connectivity index (χ4n) is 2.65. The Hall–Kier alpha value is -2.47. The van der Waals surface area contributed by atoms with Gasteiger partial charge in [-0.15, -0.1) is 0 Å². The zero-order chi connectivity index (χ0) is 13.2. The van der Waals surface area contributed by atoms with E-state index in [4.69, 9.17) is 5.26 Å². The lowest BCUT2D eigenvalue weighted by Crippen LogP contribution is -2.13. The number of fused-ring (bicyclic) bond motifs is 1. The number of hydrogen-bond donors (Lipinski definition) is 0. The average Bonchev–Trinajstić information content (AvgIpc) is 2.77. The second kappa shape index (κ2) is 4.66. The second-order valence-electron chi connectivity index (χ2n) is 4.77. The average molecular weight is 248 g/mol. The van der Waals surface area contributed by atoms with Crippen molar-refractivity contribution in [1.29, 1.82) is 5.26 Å². The Kier molecular flexibility index (Phi) is 2.85. The molecular weight excluding hydrogens is 236 g/mol. The number of Topliss-reactive ketones (excluding diaryl/α,β-unsaturated/α-hetero) is 1. The second-order valence-corrected chi connectivity index (χ2v) is 4.77. The minimum absolute atomic E-state index is 0.0492. The molecule has 19 heavy (non-hydrogen) atoms. The molecular formula is C16H12N2O. The third kappa shape index (κ3) is 2.02. The van der Waals surface area contributed by atoms with Crippen LogP contribution in [0.15, 0.2) is 42.7 Å². The van der Waals surface area contributed by atoms with Crippen molar-refractivity contribution in [3.63, 3.8) is 0 Å². The van der Waals surface area contributed by atoms with Crippen LogP contribution in [0.4, 0.5) is 0 Å². The Morgan fingerprint density at radius 2 is 2.16 bits per heavy atom. The number of pyridine rings is 1. The van der Waals surface area contributed by atoms with E-state index >= 15 is 0 Å². The predicted molar refractivity (Wildman–Crippen MR) is 70.6 cm³/mol. The Balaban J connectivity index is 1.88. The van der Waals surface area contributed by atoms with Gasteiger partial charge in [-0.25, -0.2) is 0 Å². The van der Waals surface area contributed by atoms with Crippen LogP contribution in [-0.4, -0.2) is 10.8 Å². The monoisotopic (exact) mass is 248 g/mol. The van der Waals surface area contributed by atoms with E-state index in [1.807, 2.05) is 30.3 Å². The minimum atomic E-state index is -0.0492. The zero-order valence-corrected chi connectivity index (χ0v) is 10.3. The Morgan fingerprint density at radius 1 is 1.32 bits per heavy atom. The van der Waals surface area contributed by atoms with Gasteiger partial charge in [0.2, 0.25) is 0 Å². The zero-order valence-electron chi connectivity index (χ0n) is 10.3. The highest BCUT2D eigenvalue weighted by atomic mass is 16.1. The van der Waals surface area contributed by atoms with Crippen LogP contribution in [-0.2, 0) is 12.8 Å². The summed E-state index contributed by atoms with van der Waals surface area (Å²) in [6.45, 7) is 0. The van der Waals surface area contributed by atoms with Crippen molar-refractivity contribution >= 4 is 5.78 Å². The van der Waals surface area contributed by atoms with E-state index in [0.717, 1.165) is 23.1 Å². The molecule has 3 heteroatoms. The van der Waals surface area contributed by atoms with Crippen molar-refractivity contribution in [2.45, 2.75) is 12.8 Å². The minimum Gasteiger partial charge on any atom is -0.294 e. The van der Waals surface area contributed by atoms with E-state index in [-0.39, 0.29) is 11.7 Å². The van der Waals surface area contributed by atoms with E-state index in [9.17, 15) is 4.79 Å². The summed E-state index contributed by atoms with van der Waals surface area (Å²) in [6.07, 6.45) is 4.60. The molecule has 0 saturated heterocycles. The van der Waals surface area contributed by atoms with Crippen LogP contribution in [0.1, 0.15) is 27.0 Å². The molecule has 1 atom stereocenters. The number of carbonyl (C=O) groups is 1. The van der Waals surface area contributed by atoms with E-state index < -0.39 is 0 Å². The summed E-state index contributed by atoms with van der Waals surface area (Å²) in [6, 6.07) is 11.7. The molecule has 1 unspecified atom stereocenters. The molecule has 0 bridgehead atoms. The van der Waals surface area contributed by atoms with Crippen LogP contribution in [0, 0.1) is 17.2 Å². The standard InChI is InChI=1S/C16H12N2O/c17-9-14-10-18-6-5-11(14)7-13-8-12-3-1-2-4-15(12)16(13)19/h1-6,10,13H,7-8H2. The third-order valence-electron chi connectivity index (χ3n) is 3.62.